The Hall–Kier alpha value is -2.64. The average Bonchev–Trinajstić information content (AvgIpc) is 3.17. The molecule has 2 heterocycles. The molecule has 0 saturated heterocycles. The lowest BCUT2D eigenvalue weighted by Gasteiger charge is -2.18. The van der Waals surface area contributed by atoms with Crippen molar-refractivity contribution in [3.8, 4) is 0 Å². The Bertz CT molecular complexity index is 972. The number of furan rings is 1. The quantitative estimate of drug-likeness (QED) is 0.697. The third kappa shape index (κ3) is 3.95. The number of benzene rings is 1. The minimum Gasteiger partial charge on any atom is -0.459 e. The second-order valence-electron chi connectivity index (χ2n) is 5.46. The summed E-state index contributed by atoms with van der Waals surface area (Å²) in [5.41, 5.74) is 0.474. The number of carbonyl (C=O) groups excluding carboxylic acids is 1. The van der Waals surface area contributed by atoms with E-state index in [4.69, 9.17) is 16.0 Å². The highest BCUT2D eigenvalue weighted by molar-refractivity contribution is 7.91. The van der Waals surface area contributed by atoms with Gasteiger partial charge in [-0.1, -0.05) is 17.7 Å². The number of nitrogens with one attached hydrogen (secondary N) is 1. The summed E-state index contributed by atoms with van der Waals surface area (Å²) < 4.78 is 31.2. The lowest BCUT2D eigenvalue weighted by Crippen LogP contribution is -2.31. The Balaban J connectivity index is 1.91. The molecule has 3 aromatic rings. The van der Waals surface area contributed by atoms with E-state index >= 15 is 0 Å². The fourth-order valence-electron chi connectivity index (χ4n) is 2.44. The molecular weight excluding hydrogens is 376 g/mol. The number of rotatable bonds is 6. The predicted octanol–water partition coefficient (Wildman–Crippen LogP) is 3.27. The van der Waals surface area contributed by atoms with Gasteiger partial charge in [0.15, 0.2) is 15.6 Å². The first-order valence-corrected chi connectivity index (χ1v) is 9.62. The van der Waals surface area contributed by atoms with Crippen LogP contribution in [0.15, 0.2) is 76.5 Å². The Labute approximate surface area is 155 Å². The highest BCUT2D eigenvalue weighted by atomic mass is 35.5. The summed E-state index contributed by atoms with van der Waals surface area (Å²) in [4.78, 5) is 16.2. The summed E-state index contributed by atoms with van der Waals surface area (Å²) in [5.74, 6) is -0.381. The van der Waals surface area contributed by atoms with Crippen molar-refractivity contribution in [1.29, 1.82) is 0 Å². The number of amides is 1. The van der Waals surface area contributed by atoms with Crippen molar-refractivity contribution < 1.29 is 17.6 Å². The fraction of sp³-hybridized carbons (Fsp3) is 0.111. The first-order valence-electron chi connectivity index (χ1n) is 7.69. The minimum absolute atomic E-state index is 0.110. The van der Waals surface area contributed by atoms with Crippen LogP contribution in [0.2, 0.25) is 5.02 Å². The van der Waals surface area contributed by atoms with Gasteiger partial charge in [0.25, 0.3) is 5.91 Å². The summed E-state index contributed by atoms with van der Waals surface area (Å²) in [6.07, 6.45) is 4.39. The number of aromatic nitrogens is 1. The fourth-order valence-corrected chi connectivity index (χ4v) is 4.21. The van der Waals surface area contributed by atoms with Crippen LogP contribution in [-0.4, -0.2) is 25.9 Å². The zero-order valence-electron chi connectivity index (χ0n) is 13.5. The lowest BCUT2D eigenvalue weighted by atomic mass is 10.2. The summed E-state index contributed by atoms with van der Waals surface area (Å²) in [7, 11) is -3.78. The van der Waals surface area contributed by atoms with Crippen LogP contribution in [0.5, 0.6) is 0 Å². The monoisotopic (exact) mass is 390 g/mol. The molecule has 0 aliphatic heterocycles. The van der Waals surface area contributed by atoms with Gasteiger partial charge < -0.3 is 9.73 Å². The molecular formula is C18H15ClN2O4S. The van der Waals surface area contributed by atoms with Crippen molar-refractivity contribution in [2.45, 2.75) is 10.1 Å². The van der Waals surface area contributed by atoms with Crippen LogP contribution in [0.3, 0.4) is 0 Å². The van der Waals surface area contributed by atoms with Gasteiger partial charge in [0.1, 0.15) is 5.25 Å². The SMILES string of the molecule is O=C(NCC(c1cccnc1)S(=O)(=O)c1ccc(Cl)cc1)c1ccco1. The number of pyridine rings is 1. The van der Waals surface area contributed by atoms with E-state index in [0.29, 0.717) is 10.6 Å². The second kappa shape index (κ2) is 7.72. The molecule has 6 nitrogen and oxygen atoms in total. The number of halogens is 1. The van der Waals surface area contributed by atoms with Gasteiger partial charge in [-0.25, -0.2) is 8.42 Å². The smallest absolute Gasteiger partial charge is 0.287 e. The Morgan fingerprint density at radius 1 is 1.15 bits per heavy atom. The highest BCUT2D eigenvalue weighted by Crippen LogP contribution is 2.29. The van der Waals surface area contributed by atoms with Gasteiger partial charge in [0, 0.05) is 24.0 Å². The van der Waals surface area contributed by atoms with E-state index in [1.165, 1.54) is 42.8 Å². The molecule has 0 radical (unpaired) electrons. The maximum Gasteiger partial charge on any atom is 0.287 e. The molecule has 1 amide bonds. The normalized spacial score (nSPS) is 12.5. The van der Waals surface area contributed by atoms with Crippen molar-refractivity contribution in [1.82, 2.24) is 10.3 Å². The first kappa shape index (κ1) is 18.2. The third-order valence-corrected chi connectivity index (χ3v) is 6.14. The summed E-state index contributed by atoms with van der Waals surface area (Å²) >= 11 is 5.85. The molecule has 1 N–H and O–H groups in total. The zero-order chi connectivity index (χ0) is 18.6. The second-order valence-corrected chi connectivity index (χ2v) is 8.03. The van der Waals surface area contributed by atoms with E-state index in [-0.39, 0.29) is 17.2 Å². The van der Waals surface area contributed by atoms with Crippen molar-refractivity contribution >= 4 is 27.3 Å². The largest absolute Gasteiger partial charge is 0.459 e. The zero-order valence-corrected chi connectivity index (χ0v) is 15.1. The number of hydrogen-bond donors (Lipinski definition) is 1. The van der Waals surface area contributed by atoms with Crippen molar-refractivity contribution in [2.75, 3.05) is 6.54 Å². The van der Waals surface area contributed by atoms with E-state index in [0.717, 1.165) is 0 Å². The topological polar surface area (TPSA) is 89.3 Å². The van der Waals surface area contributed by atoms with Crippen LogP contribution in [0.25, 0.3) is 0 Å². The molecule has 0 saturated carbocycles. The first-order chi connectivity index (χ1) is 12.5. The minimum atomic E-state index is -3.78. The van der Waals surface area contributed by atoms with Crippen LogP contribution in [0.1, 0.15) is 21.4 Å². The van der Waals surface area contributed by atoms with Gasteiger partial charge in [0.2, 0.25) is 0 Å². The molecule has 0 fully saturated rings. The van der Waals surface area contributed by atoms with Crippen LogP contribution in [-0.2, 0) is 9.84 Å². The molecule has 1 unspecified atom stereocenters. The number of carbonyl (C=O) groups is 1. The maximum absolute atomic E-state index is 13.1. The molecule has 2 aromatic heterocycles. The Morgan fingerprint density at radius 3 is 2.54 bits per heavy atom. The van der Waals surface area contributed by atoms with E-state index in [2.05, 4.69) is 10.3 Å². The number of sulfone groups is 1. The molecule has 1 atom stereocenters. The van der Waals surface area contributed by atoms with Gasteiger partial charge in [-0.15, -0.1) is 0 Å². The lowest BCUT2D eigenvalue weighted by molar-refractivity contribution is 0.0926. The van der Waals surface area contributed by atoms with Crippen LogP contribution >= 0.6 is 11.6 Å². The highest BCUT2D eigenvalue weighted by Gasteiger charge is 2.30. The van der Waals surface area contributed by atoms with Crippen molar-refractivity contribution in [3.05, 3.63) is 83.5 Å². The van der Waals surface area contributed by atoms with Crippen LogP contribution in [0.4, 0.5) is 0 Å². The third-order valence-electron chi connectivity index (χ3n) is 3.77. The van der Waals surface area contributed by atoms with Gasteiger partial charge in [0.05, 0.1) is 11.2 Å². The molecule has 0 aliphatic rings. The molecule has 134 valence electrons. The molecule has 1 aromatic carbocycles. The van der Waals surface area contributed by atoms with Gasteiger partial charge in [-0.3, -0.25) is 9.78 Å². The summed E-state index contributed by atoms with van der Waals surface area (Å²) in [6.45, 7) is -0.129. The van der Waals surface area contributed by atoms with Crippen LogP contribution in [0, 0.1) is 0 Å². The van der Waals surface area contributed by atoms with Crippen LogP contribution < -0.4 is 5.32 Å². The van der Waals surface area contributed by atoms with Gasteiger partial charge in [-0.05, 0) is 48.0 Å². The van der Waals surface area contributed by atoms with Gasteiger partial charge in [-0.2, -0.15) is 0 Å². The van der Waals surface area contributed by atoms with E-state index < -0.39 is 21.0 Å². The molecule has 26 heavy (non-hydrogen) atoms. The molecule has 0 spiro atoms. The van der Waals surface area contributed by atoms with E-state index in [1.807, 2.05) is 0 Å². The number of hydrogen-bond acceptors (Lipinski definition) is 5. The van der Waals surface area contributed by atoms with E-state index in [1.54, 1.807) is 24.4 Å². The molecule has 0 bridgehead atoms. The Kier molecular flexibility index (Phi) is 5.39. The summed E-state index contributed by atoms with van der Waals surface area (Å²) in [5, 5.41) is 2.04. The summed E-state index contributed by atoms with van der Waals surface area (Å²) in [6, 6.07) is 12.3. The number of nitrogens with zero attached hydrogens (tertiary/aromatic N) is 1. The molecule has 0 aliphatic carbocycles. The predicted molar refractivity (Wildman–Crippen MR) is 96.7 cm³/mol. The van der Waals surface area contributed by atoms with Crippen molar-refractivity contribution in [3.63, 3.8) is 0 Å². The van der Waals surface area contributed by atoms with Gasteiger partial charge >= 0.3 is 0 Å². The molecule has 3 rings (SSSR count). The standard InChI is InChI=1S/C18H15ClN2O4S/c19-14-5-7-15(8-6-14)26(23,24)17(13-3-1-9-20-11-13)12-21-18(22)16-4-2-10-25-16/h1-11,17H,12H2,(H,21,22). The maximum atomic E-state index is 13.1. The van der Waals surface area contributed by atoms with Crippen molar-refractivity contribution in [2.24, 2.45) is 0 Å². The van der Waals surface area contributed by atoms with E-state index in [9.17, 15) is 13.2 Å². The molecule has 8 heteroatoms. The average molecular weight is 391 g/mol. The Morgan fingerprint density at radius 2 is 1.92 bits per heavy atom.